The number of benzene rings is 4. The summed E-state index contributed by atoms with van der Waals surface area (Å²) in [6, 6.07) is 18.0. The van der Waals surface area contributed by atoms with Gasteiger partial charge < -0.3 is 15.7 Å². The maximum Gasteiger partial charge on any atom is 0.255 e. The van der Waals surface area contributed by atoms with Crippen molar-refractivity contribution in [3.8, 4) is 33.8 Å². The Kier molecular flexibility index (Phi) is 6.91. The minimum atomic E-state index is -1.13. The average Bonchev–Trinajstić information content (AvgIpc) is 2.86. The van der Waals surface area contributed by atoms with Gasteiger partial charge in [-0.3, -0.25) is 14.5 Å². The van der Waals surface area contributed by atoms with Crippen LogP contribution < -0.4 is 15.6 Å². The Hall–Kier alpha value is -4.79. The molecule has 0 saturated heterocycles. The molecule has 0 heterocycles. The van der Waals surface area contributed by atoms with Gasteiger partial charge in [0.15, 0.2) is 17.4 Å². The SMILES string of the molecule is CC(=O)Nc1cccc(-c2cc(NC(=O)c3ccc(OF)c(-c4ccc(F)c(F)c4)c3)ccc2O)c1. The molecule has 9 heteroatoms. The van der Waals surface area contributed by atoms with E-state index in [1.807, 2.05) is 0 Å². The summed E-state index contributed by atoms with van der Waals surface area (Å²) in [4.78, 5) is 28.1. The molecule has 0 aliphatic carbocycles. The lowest BCUT2D eigenvalue weighted by Crippen LogP contribution is -2.12. The molecule has 0 unspecified atom stereocenters. The standard InChI is InChI=1S/C27H19F3N2O4/c1-15(33)31-19-4-2-3-16(11-19)21-14-20(7-9-25(21)34)32-27(35)18-6-10-26(36-30)22(12-18)17-5-8-23(28)24(29)13-17/h2-14,34H,1H3,(H,31,33)(H,32,35). The van der Waals surface area contributed by atoms with E-state index in [1.54, 1.807) is 30.3 Å². The monoisotopic (exact) mass is 492 g/mol. The van der Waals surface area contributed by atoms with E-state index in [2.05, 4.69) is 15.6 Å². The van der Waals surface area contributed by atoms with Gasteiger partial charge in [0.05, 0.1) is 0 Å². The lowest BCUT2D eigenvalue weighted by molar-refractivity contribution is -0.114. The van der Waals surface area contributed by atoms with Crippen molar-refractivity contribution < 1.29 is 32.9 Å². The zero-order valence-corrected chi connectivity index (χ0v) is 18.8. The van der Waals surface area contributed by atoms with Gasteiger partial charge in [-0.1, -0.05) is 18.2 Å². The first-order chi connectivity index (χ1) is 17.2. The van der Waals surface area contributed by atoms with Crippen LogP contribution in [-0.4, -0.2) is 16.9 Å². The number of nitrogens with one attached hydrogen (secondary N) is 2. The summed E-state index contributed by atoms with van der Waals surface area (Å²) in [7, 11) is 0. The van der Waals surface area contributed by atoms with Crippen molar-refractivity contribution >= 4 is 23.2 Å². The van der Waals surface area contributed by atoms with Crippen molar-refractivity contribution in [2.45, 2.75) is 6.92 Å². The molecule has 36 heavy (non-hydrogen) atoms. The van der Waals surface area contributed by atoms with Gasteiger partial charge in [-0.05, 0) is 71.8 Å². The van der Waals surface area contributed by atoms with Crippen LogP contribution in [0.2, 0.25) is 0 Å². The van der Waals surface area contributed by atoms with Crippen LogP contribution in [0.5, 0.6) is 11.5 Å². The summed E-state index contributed by atoms with van der Waals surface area (Å²) >= 11 is 0. The maximum atomic E-state index is 13.7. The molecule has 0 aromatic heterocycles. The molecule has 0 fully saturated rings. The highest BCUT2D eigenvalue weighted by Crippen LogP contribution is 2.35. The number of carbonyl (C=O) groups excluding carboxylic acids is 2. The third-order valence-electron chi connectivity index (χ3n) is 5.30. The van der Waals surface area contributed by atoms with Gasteiger partial charge in [0, 0.05) is 39.5 Å². The van der Waals surface area contributed by atoms with Crippen LogP contribution in [0.1, 0.15) is 17.3 Å². The van der Waals surface area contributed by atoms with Gasteiger partial charge in [-0.15, -0.1) is 0 Å². The summed E-state index contributed by atoms with van der Waals surface area (Å²) in [6.45, 7) is 1.38. The van der Waals surface area contributed by atoms with Gasteiger partial charge >= 0.3 is 0 Å². The predicted molar refractivity (Wildman–Crippen MR) is 129 cm³/mol. The first kappa shape index (κ1) is 24.3. The van der Waals surface area contributed by atoms with Crippen molar-refractivity contribution in [1.82, 2.24) is 0 Å². The second kappa shape index (κ2) is 10.2. The molecule has 6 nitrogen and oxygen atoms in total. The van der Waals surface area contributed by atoms with E-state index in [4.69, 9.17) is 0 Å². The summed E-state index contributed by atoms with van der Waals surface area (Å²) in [5.41, 5.74) is 2.14. The van der Waals surface area contributed by atoms with Crippen molar-refractivity contribution in [1.29, 1.82) is 0 Å². The fourth-order valence-corrected chi connectivity index (χ4v) is 3.64. The van der Waals surface area contributed by atoms with Crippen LogP contribution in [0.3, 0.4) is 0 Å². The smallest absolute Gasteiger partial charge is 0.255 e. The zero-order valence-electron chi connectivity index (χ0n) is 18.8. The van der Waals surface area contributed by atoms with E-state index in [0.29, 0.717) is 22.5 Å². The average molecular weight is 492 g/mol. The van der Waals surface area contributed by atoms with Crippen LogP contribution in [-0.2, 0) is 4.79 Å². The molecule has 0 spiro atoms. The second-order valence-corrected chi connectivity index (χ2v) is 7.87. The zero-order chi connectivity index (χ0) is 25.8. The van der Waals surface area contributed by atoms with E-state index >= 15 is 0 Å². The summed E-state index contributed by atoms with van der Waals surface area (Å²) in [5.74, 6) is -3.34. The summed E-state index contributed by atoms with van der Waals surface area (Å²) in [5, 5.41) is 15.7. The highest BCUT2D eigenvalue weighted by atomic mass is 19.3. The second-order valence-electron chi connectivity index (χ2n) is 7.87. The number of anilines is 2. The minimum absolute atomic E-state index is 0.0435. The molecular weight excluding hydrogens is 473 g/mol. The highest BCUT2D eigenvalue weighted by Gasteiger charge is 2.16. The number of aromatic hydroxyl groups is 1. The number of phenolic OH excluding ortho intramolecular Hbond substituents is 1. The Bertz CT molecular complexity index is 1470. The Balaban J connectivity index is 1.63. The molecule has 0 aliphatic rings. The first-order valence-electron chi connectivity index (χ1n) is 10.7. The highest BCUT2D eigenvalue weighted by molar-refractivity contribution is 6.05. The normalized spacial score (nSPS) is 10.6. The van der Waals surface area contributed by atoms with Crippen LogP contribution in [0.4, 0.5) is 24.7 Å². The largest absolute Gasteiger partial charge is 0.507 e. The van der Waals surface area contributed by atoms with Gasteiger partial charge in [0.1, 0.15) is 5.75 Å². The van der Waals surface area contributed by atoms with E-state index < -0.39 is 17.5 Å². The Labute approximate surface area is 203 Å². The van der Waals surface area contributed by atoms with E-state index in [9.17, 15) is 28.0 Å². The third kappa shape index (κ3) is 5.30. The molecule has 0 atom stereocenters. The number of amides is 2. The van der Waals surface area contributed by atoms with Crippen LogP contribution in [0.15, 0.2) is 78.9 Å². The van der Waals surface area contributed by atoms with E-state index in [1.165, 1.54) is 43.3 Å². The fourth-order valence-electron chi connectivity index (χ4n) is 3.64. The predicted octanol–water partition coefficient (Wildman–Crippen LogP) is 6.48. The number of phenols is 1. The van der Waals surface area contributed by atoms with Crippen LogP contribution in [0, 0.1) is 11.6 Å². The molecule has 3 N–H and O–H groups in total. The molecule has 0 saturated carbocycles. The quantitative estimate of drug-likeness (QED) is 0.269. The molecule has 182 valence electrons. The molecule has 0 bridgehead atoms. The number of halogens is 3. The van der Waals surface area contributed by atoms with E-state index in [-0.39, 0.29) is 34.1 Å². The van der Waals surface area contributed by atoms with Crippen LogP contribution in [0.25, 0.3) is 22.3 Å². The maximum absolute atomic E-state index is 13.7. The number of rotatable bonds is 6. The van der Waals surface area contributed by atoms with Gasteiger partial charge in [0.2, 0.25) is 5.91 Å². The molecule has 4 aromatic carbocycles. The van der Waals surface area contributed by atoms with E-state index in [0.717, 1.165) is 12.1 Å². The molecule has 0 aliphatic heterocycles. The Morgan fingerprint density at radius 2 is 1.53 bits per heavy atom. The first-order valence-corrected chi connectivity index (χ1v) is 10.7. The number of hydrogen-bond donors (Lipinski definition) is 3. The van der Waals surface area contributed by atoms with Crippen molar-refractivity contribution in [2.24, 2.45) is 0 Å². The summed E-state index contributed by atoms with van der Waals surface area (Å²) in [6.07, 6.45) is 0. The molecule has 0 radical (unpaired) electrons. The topological polar surface area (TPSA) is 87.7 Å². The fraction of sp³-hybridized carbons (Fsp3) is 0.0370. The number of hydrogen-bond acceptors (Lipinski definition) is 4. The molecular formula is C27H19F3N2O4. The molecule has 4 aromatic rings. The number of carbonyl (C=O) groups is 2. The van der Waals surface area contributed by atoms with Crippen LogP contribution >= 0.6 is 0 Å². The molecule has 2 amide bonds. The van der Waals surface area contributed by atoms with Crippen molar-refractivity contribution in [3.63, 3.8) is 0 Å². The Morgan fingerprint density at radius 1 is 0.778 bits per heavy atom. The molecule has 4 rings (SSSR count). The van der Waals surface area contributed by atoms with Gasteiger partial charge in [-0.25, -0.2) is 8.78 Å². The van der Waals surface area contributed by atoms with Crippen molar-refractivity contribution in [2.75, 3.05) is 10.6 Å². The van der Waals surface area contributed by atoms with Crippen molar-refractivity contribution in [3.05, 3.63) is 96.1 Å². The third-order valence-corrected chi connectivity index (χ3v) is 5.30. The summed E-state index contributed by atoms with van der Waals surface area (Å²) < 4.78 is 40.1. The lowest BCUT2D eigenvalue weighted by atomic mass is 10.0. The lowest BCUT2D eigenvalue weighted by Gasteiger charge is -2.12. The Morgan fingerprint density at radius 3 is 2.25 bits per heavy atom. The minimum Gasteiger partial charge on any atom is -0.507 e. The van der Waals surface area contributed by atoms with Gasteiger partial charge in [-0.2, -0.15) is 0 Å². The van der Waals surface area contributed by atoms with Gasteiger partial charge in [0.25, 0.3) is 5.91 Å².